The first-order chi connectivity index (χ1) is 10.6. The summed E-state index contributed by atoms with van der Waals surface area (Å²) in [7, 11) is 0. The Hall–Kier alpha value is -1.39. The number of amides is 1. The third-order valence-corrected chi connectivity index (χ3v) is 4.98. The Kier molecular flexibility index (Phi) is 4.79. The van der Waals surface area contributed by atoms with E-state index in [1.54, 1.807) is 0 Å². The molecule has 1 amide bonds. The number of likely N-dealkylation sites (tertiary alicyclic amines) is 1. The maximum absolute atomic E-state index is 12.4. The monoisotopic (exact) mass is 302 g/mol. The number of benzene rings is 1. The van der Waals surface area contributed by atoms with Crippen molar-refractivity contribution in [1.29, 1.82) is 0 Å². The van der Waals surface area contributed by atoms with Gasteiger partial charge in [-0.25, -0.2) is 0 Å². The number of hydrogen-bond donors (Lipinski definition) is 1. The quantitative estimate of drug-likeness (QED) is 0.925. The number of ether oxygens (including phenoxy) is 1. The summed E-state index contributed by atoms with van der Waals surface area (Å²) in [6.07, 6.45) is 0.902. The van der Waals surface area contributed by atoms with Gasteiger partial charge in [-0.1, -0.05) is 37.3 Å². The first kappa shape index (κ1) is 15.5. The summed E-state index contributed by atoms with van der Waals surface area (Å²) in [6, 6.07) is 10.8. The van der Waals surface area contributed by atoms with Crippen LogP contribution >= 0.6 is 0 Å². The predicted molar refractivity (Wildman–Crippen MR) is 86.3 cm³/mol. The lowest BCUT2D eigenvalue weighted by Gasteiger charge is -2.21. The minimum Gasteiger partial charge on any atom is -0.378 e. The van der Waals surface area contributed by atoms with Crippen LogP contribution in [0.4, 0.5) is 0 Å². The van der Waals surface area contributed by atoms with Gasteiger partial charge in [0.1, 0.15) is 0 Å². The Balaban J connectivity index is 1.53. The van der Waals surface area contributed by atoms with Gasteiger partial charge in [0.2, 0.25) is 5.91 Å². The molecule has 0 radical (unpaired) electrons. The molecule has 2 heterocycles. The fourth-order valence-corrected chi connectivity index (χ4v) is 3.59. The van der Waals surface area contributed by atoms with Crippen molar-refractivity contribution in [1.82, 2.24) is 10.2 Å². The van der Waals surface area contributed by atoms with E-state index >= 15 is 0 Å². The zero-order chi connectivity index (χ0) is 15.5. The highest BCUT2D eigenvalue weighted by molar-refractivity contribution is 5.79. The standard InChI is InChI=1S/C18H26N2O2/c1-13-10-20(11-15-6-4-3-5-7-15)12-17(13)19-18(21)16-8-9-22-14(16)2/h3-7,13-14,16-17H,8-12H2,1-2H3,(H,19,21)/t13-,14-,16+,17+/m1/s1. The second-order valence-electron chi connectivity index (χ2n) is 6.74. The van der Waals surface area contributed by atoms with Crippen molar-refractivity contribution in [2.24, 2.45) is 11.8 Å². The van der Waals surface area contributed by atoms with E-state index < -0.39 is 0 Å². The molecule has 0 unspecified atom stereocenters. The van der Waals surface area contributed by atoms with E-state index in [1.807, 2.05) is 13.0 Å². The molecular formula is C18H26N2O2. The first-order valence-electron chi connectivity index (χ1n) is 8.31. The molecule has 1 N–H and O–H groups in total. The van der Waals surface area contributed by atoms with Crippen LogP contribution in [-0.4, -0.2) is 42.6 Å². The predicted octanol–water partition coefficient (Wildman–Crippen LogP) is 2.05. The SMILES string of the molecule is C[C@@H]1CN(Cc2ccccc2)C[C@@H]1NC(=O)[C@H]1CCO[C@@H]1C. The van der Waals surface area contributed by atoms with E-state index in [-0.39, 0.29) is 24.0 Å². The minimum atomic E-state index is 0.0235. The van der Waals surface area contributed by atoms with Crippen LogP contribution in [0.2, 0.25) is 0 Å². The Morgan fingerprint density at radius 2 is 2.05 bits per heavy atom. The van der Waals surface area contributed by atoms with Crippen LogP contribution in [-0.2, 0) is 16.1 Å². The normalized spacial score (nSPS) is 32.3. The number of carbonyl (C=O) groups is 1. The number of rotatable bonds is 4. The average Bonchev–Trinajstić information content (AvgIpc) is 3.06. The molecule has 1 aromatic carbocycles. The lowest BCUT2D eigenvalue weighted by Crippen LogP contribution is -2.44. The molecule has 1 aromatic rings. The average molecular weight is 302 g/mol. The van der Waals surface area contributed by atoms with Gasteiger partial charge in [0, 0.05) is 32.3 Å². The van der Waals surface area contributed by atoms with E-state index in [1.165, 1.54) is 5.56 Å². The minimum absolute atomic E-state index is 0.0235. The largest absolute Gasteiger partial charge is 0.378 e. The molecule has 0 saturated carbocycles. The smallest absolute Gasteiger partial charge is 0.226 e. The zero-order valence-electron chi connectivity index (χ0n) is 13.5. The van der Waals surface area contributed by atoms with Crippen LogP contribution in [0.1, 0.15) is 25.8 Å². The Labute approximate surface area is 132 Å². The molecule has 2 saturated heterocycles. The molecule has 3 rings (SSSR count). The summed E-state index contributed by atoms with van der Waals surface area (Å²) < 4.78 is 5.51. The third kappa shape index (κ3) is 3.50. The van der Waals surface area contributed by atoms with Crippen LogP contribution in [0.25, 0.3) is 0 Å². The van der Waals surface area contributed by atoms with Crippen LogP contribution in [0, 0.1) is 11.8 Å². The highest BCUT2D eigenvalue weighted by atomic mass is 16.5. The van der Waals surface area contributed by atoms with Gasteiger partial charge in [-0.3, -0.25) is 9.69 Å². The van der Waals surface area contributed by atoms with Crippen molar-refractivity contribution in [3.05, 3.63) is 35.9 Å². The van der Waals surface area contributed by atoms with Crippen molar-refractivity contribution in [3.8, 4) is 0 Å². The second kappa shape index (κ2) is 6.80. The van der Waals surface area contributed by atoms with Crippen molar-refractivity contribution in [2.75, 3.05) is 19.7 Å². The Morgan fingerprint density at radius 3 is 2.73 bits per heavy atom. The molecular weight excluding hydrogens is 276 g/mol. The third-order valence-electron chi connectivity index (χ3n) is 4.98. The lowest BCUT2D eigenvalue weighted by atomic mass is 10.00. The van der Waals surface area contributed by atoms with E-state index in [0.717, 1.165) is 26.1 Å². The van der Waals surface area contributed by atoms with E-state index in [2.05, 4.69) is 41.4 Å². The van der Waals surface area contributed by atoms with Gasteiger partial charge in [0.25, 0.3) is 0 Å². The van der Waals surface area contributed by atoms with Gasteiger partial charge in [-0.15, -0.1) is 0 Å². The topological polar surface area (TPSA) is 41.6 Å². The molecule has 4 nitrogen and oxygen atoms in total. The summed E-state index contributed by atoms with van der Waals surface area (Å²) in [5.74, 6) is 0.684. The van der Waals surface area contributed by atoms with Crippen LogP contribution in [0.15, 0.2) is 30.3 Å². The van der Waals surface area contributed by atoms with E-state index in [0.29, 0.717) is 12.5 Å². The van der Waals surface area contributed by atoms with Crippen molar-refractivity contribution in [2.45, 2.75) is 39.0 Å². The summed E-state index contributed by atoms with van der Waals surface area (Å²) in [5.41, 5.74) is 1.33. The van der Waals surface area contributed by atoms with Gasteiger partial charge >= 0.3 is 0 Å². The molecule has 2 aliphatic heterocycles. The van der Waals surface area contributed by atoms with Crippen LogP contribution in [0.3, 0.4) is 0 Å². The molecule has 120 valence electrons. The molecule has 0 bridgehead atoms. The van der Waals surface area contributed by atoms with E-state index in [9.17, 15) is 4.79 Å². The fraction of sp³-hybridized carbons (Fsp3) is 0.611. The number of nitrogens with one attached hydrogen (secondary N) is 1. The van der Waals surface area contributed by atoms with Gasteiger partial charge in [0.05, 0.1) is 12.0 Å². The van der Waals surface area contributed by atoms with Crippen molar-refractivity contribution < 1.29 is 9.53 Å². The van der Waals surface area contributed by atoms with Gasteiger partial charge in [-0.05, 0) is 24.8 Å². The Morgan fingerprint density at radius 1 is 1.27 bits per heavy atom. The molecule has 2 fully saturated rings. The van der Waals surface area contributed by atoms with Gasteiger partial charge in [-0.2, -0.15) is 0 Å². The van der Waals surface area contributed by atoms with Crippen LogP contribution in [0.5, 0.6) is 0 Å². The van der Waals surface area contributed by atoms with Gasteiger partial charge < -0.3 is 10.1 Å². The van der Waals surface area contributed by atoms with Crippen LogP contribution < -0.4 is 5.32 Å². The summed E-state index contributed by atoms with van der Waals surface area (Å²) in [4.78, 5) is 14.8. The zero-order valence-corrected chi connectivity index (χ0v) is 13.5. The first-order valence-corrected chi connectivity index (χ1v) is 8.31. The molecule has 0 spiro atoms. The highest BCUT2D eigenvalue weighted by Crippen LogP contribution is 2.23. The fourth-order valence-electron chi connectivity index (χ4n) is 3.59. The molecule has 4 heteroatoms. The molecule has 22 heavy (non-hydrogen) atoms. The summed E-state index contributed by atoms with van der Waals surface area (Å²) in [5, 5.41) is 3.26. The number of carbonyl (C=O) groups excluding carboxylic acids is 1. The lowest BCUT2D eigenvalue weighted by molar-refractivity contribution is -0.127. The number of nitrogens with zero attached hydrogens (tertiary/aromatic N) is 1. The maximum atomic E-state index is 12.4. The maximum Gasteiger partial charge on any atom is 0.226 e. The highest BCUT2D eigenvalue weighted by Gasteiger charge is 2.35. The summed E-state index contributed by atoms with van der Waals surface area (Å²) in [6.45, 7) is 7.86. The molecule has 4 atom stereocenters. The van der Waals surface area contributed by atoms with Crippen molar-refractivity contribution in [3.63, 3.8) is 0 Å². The second-order valence-corrected chi connectivity index (χ2v) is 6.74. The van der Waals surface area contributed by atoms with Gasteiger partial charge in [0.15, 0.2) is 0 Å². The van der Waals surface area contributed by atoms with E-state index in [4.69, 9.17) is 4.74 Å². The Bertz CT molecular complexity index is 505. The number of hydrogen-bond acceptors (Lipinski definition) is 3. The summed E-state index contributed by atoms with van der Waals surface area (Å²) >= 11 is 0. The molecule has 2 aliphatic rings. The molecule has 0 aliphatic carbocycles. The van der Waals surface area contributed by atoms with Crippen molar-refractivity contribution >= 4 is 5.91 Å². The molecule has 0 aromatic heterocycles.